The zero-order valence-corrected chi connectivity index (χ0v) is 13.8. The van der Waals surface area contributed by atoms with E-state index in [1.807, 2.05) is 24.3 Å². The van der Waals surface area contributed by atoms with Crippen LogP contribution in [0.2, 0.25) is 0 Å². The molecule has 0 bridgehead atoms. The van der Waals surface area contributed by atoms with Gasteiger partial charge in [-0.1, -0.05) is 36.4 Å². The second-order valence-corrected chi connectivity index (χ2v) is 11.4. The first-order valence-electron chi connectivity index (χ1n) is 4.67. The first-order valence-corrected chi connectivity index (χ1v) is 11.0. The summed E-state index contributed by atoms with van der Waals surface area (Å²) in [5.41, 5.74) is 1.33. The predicted octanol–water partition coefficient (Wildman–Crippen LogP) is 3.79. The molecule has 88 valence electrons. The summed E-state index contributed by atoms with van der Waals surface area (Å²) in [6, 6.07) is 16.6. The fourth-order valence-electron chi connectivity index (χ4n) is 1.33. The molecule has 0 aliphatic rings. The molecule has 1 aromatic carbocycles. The van der Waals surface area contributed by atoms with Gasteiger partial charge >= 0.3 is 49.0 Å². The third-order valence-corrected chi connectivity index (χ3v) is 1.99. The zero-order valence-electron chi connectivity index (χ0n) is 8.50. The van der Waals surface area contributed by atoms with Crippen molar-refractivity contribution < 1.29 is 12.6 Å². The van der Waals surface area contributed by atoms with Gasteiger partial charge in [-0.05, 0) is 0 Å². The van der Waals surface area contributed by atoms with E-state index in [0.717, 1.165) is 6.54 Å². The molecule has 0 aliphatic heterocycles. The van der Waals surface area contributed by atoms with Crippen molar-refractivity contribution in [2.45, 2.75) is 6.54 Å². The van der Waals surface area contributed by atoms with Gasteiger partial charge in [0.2, 0.25) is 0 Å². The molecule has 0 unspecified atom stereocenters. The van der Waals surface area contributed by atoms with E-state index in [1.54, 1.807) is 8.07 Å². The molecule has 0 saturated heterocycles. The van der Waals surface area contributed by atoms with Crippen LogP contribution in [0.4, 0.5) is 0 Å². The van der Waals surface area contributed by atoms with Gasteiger partial charge in [0, 0.05) is 17.7 Å². The fraction of sp³-hybridized carbons (Fsp3) is 0.0833. The van der Waals surface area contributed by atoms with E-state index in [0.29, 0.717) is 0 Å². The van der Waals surface area contributed by atoms with Gasteiger partial charge < -0.3 is 0 Å². The third-order valence-electron chi connectivity index (χ3n) is 1.99. The molecule has 0 saturated carbocycles. The number of aromatic nitrogens is 1. The molecular weight excluding hydrogens is 471 g/mol. The number of benzene rings is 1. The van der Waals surface area contributed by atoms with E-state index in [1.165, 1.54) is 5.56 Å². The number of pyridine rings is 1. The Morgan fingerprint density at radius 2 is 1.38 bits per heavy atom. The van der Waals surface area contributed by atoms with Crippen LogP contribution in [0, 0.1) is 0 Å². The van der Waals surface area contributed by atoms with Crippen LogP contribution in [0.1, 0.15) is 5.56 Å². The van der Waals surface area contributed by atoms with Crippen LogP contribution < -0.4 is 4.57 Å². The average molecular weight is 483 g/mol. The largest absolute Gasteiger partial charge is 0.201 e. The van der Waals surface area contributed by atoms with Gasteiger partial charge in [0.05, 0.1) is 0 Å². The minimum Gasteiger partial charge on any atom is -0.201 e. The molecule has 4 heteroatoms. The summed E-state index contributed by atoms with van der Waals surface area (Å²) in [7, 11) is 1.56. The van der Waals surface area contributed by atoms with Gasteiger partial charge in [-0.3, -0.25) is 0 Å². The molecule has 16 heavy (non-hydrogen) atoms. The maximum atomic E-state index is 2.21. The summed E-state index contributed by atoms with van der Waals surface area (Å²) in [6.07, 6.45) is 4.15. The van der Waals surface area contributed by atoms with Crippen LogP contribution in [0.15, 0.2) is 60.9 Å². The smallest absolute Gasteiger partial charge is 0.173 e. The summed E-state index contributed by atoms with van der Waals surface area (Å²) in [5.74, 6) is 0. The molecule has 0 atom stereocenters. The molecule has 1 heterocycles. The van der Waals surface area contributed by atoms with Gasteiger partial charge in [0.25, 0.3) is 0 Å². The van der Waals surface area contributed by atoms with Gasteiger partial charge in [-0.15, -0.1) is 0 Å². The van der Waals surface area contributed by atoms with Crippen molar-refractivity contribution in [2.24, 2.45) is 0 Å². The summed E-state index contributed by atoms with van der Waals surface area (Å²) in [6.45, 7) is 0.946. The SMILES string of the molecule is [I][Ni][I].c1ccc(C[n+]2ccccc2)cc1. The van der Waals surface area contributed by atoms with E-state index in [9.17, 15) is 0 Å². The van der Waals surface area contributed by atoms with Crippen molar-refractivity contribution in [1.82, 2.24) is 0 Å². The average Bonchev–Trinajstić information content (AvgIpc) is 2.33. The molecule has 0 amide bonds. The van der Waals surface area contributed by atoms with Gasteiger partial charge in [-0.2, -0.15) is 0 Å². The van der Waals surface area contributed by atoms with Crippen LogP contribution in [-0.2, 0) is 14.6 Å². The Morgan fingerprint density at radius 1 is 0.875 bits per heavy atom. The van der Waals surface area contributed by atoms with E-state index >= 15 is 0 Å². The Hall–Kier alpha value is 0.324. The quantitative estimate of drug-likeness (QED) is 0.348. The number of hydrogen-bond acceptors (Lipinski definition) is 0. The zero-order chi connectivity index (χ0) is 11.6. The van der Waals surface area contributed by atoms with E-state index in [4.69, 9.17) is 0 Å². The summed E-state index contributed by atoms with van der Waals surface area (Å²) in [4.78, 5) is 0. The normalized spacial score (nSPS) is 9.38. The van der Waals surface area contributed by atoms with Crippen LogP contribution in [-0.4, -0.2) is 0 Å². The van der Waals surface area contributed by atoms with E-state index in [-0.39, 0.29) is 0 Å². The summed E-state index contributed by atoms with van der Waals surface area (Å²) in [5, 5.41) is 0. The topological polar surface area (TPSA) is 3.88 Å². The Labute approximate surface area is 125 Å². The number of hydrogen-bond donors (Lipinski definition) is 0. The summed E-state index contributed by atoms with van der Waals surface area (Å²) >= 11 is 4.43. The Bertz CT molecular complexity index is 343. The maximum Gasteiger partial charge on any atom is 0.173 e. The molecule has 0 N–H and O–H groups in total. The molecule has 0 spiro atoms. The minimum atomic E-state index is 0.946. The van der Waals surface area contributed by atoms with Crippen LogP contribution in [0.25, 0.3) is 0 Å². The predicted molar refractivity (Wildman–Crippen MR) is 80.2 cm³/mol. The summed E-state index contributed by atoms with van der Waals surface area (Å²) < 4.78 is 2.16. The van der Waals surface area contributed by atoms with E-state index < -0.39 is 0 Å². The number of nitrogens with zero attached hydrogens (tertiary/aromatic N) is 1. The van der Waals surface area contributed by atoms with Crippen molar-refractivity contribution >= 4 is 41.0 Å². The first-order chi connectivity index (χ1) is 7.86. The molecule has 0 aliphatic carbocycles. The number of rotatable bonds is 2. The van der Waals surface area contributed by atoms with Crippen LogP contribution >= 0.6 is 41.0 Å². The molecular formula is C12H12I2NNi+. The maximum absolute atomic E-state index is 2.21. The van der Waals surface area contributed by atoms with Crippen molar-refractivity contribution in [3.8, 4) is 0 Å². The van der Waals surface area contributed by atoms with Crippen molar-refractivity contribution in [3.63, 3.8) is 0 Å². The third kappa shape index (κ3) is 6.16. The second-order valence-electron chi connectivity index (χ2n) is 3.08. The molecule has 0 fully saturated rings. The molecule has 1 aromatic heterocycles. The number of halogens is 2. The first kappa shape index (κ1) is 14.4. The molecule has 1 nitrogen and oxygen atoms in total. The molecule has 2 aromatic rings. The molecule has 2 rings (SSSR count). The van der Waals surface area contributed by atoms with E-state index in [2.05, 4.69) is 82.2 Å². The standard InChI is InChI=1S/C12H12N.2HI.Ni/c1-3-7-12(8-4-1)11-13-9-5-2-6-10-13;;;/h1-10H,11H2;2*1H;/q+1;;;+2/p-2. The van der Waals surface area contributed by atoms with Gasteiger partial charge in [-0.25, -0.2) is 4.57 Å². The second kappa shape index (κ2) is 9.36. The Balaban J connectivity index is 0.000000386. The van der Waals surface area contributed by atoms with Crippen molar-refractivity contribution in [1.29, 1.82) is 0 Å². The Kier molecular flexibility index (Phi) is 8.42. The Morgan fingerprint density at radius 3 is 1.94 bits per heavy atom. The minimum absolute atomic E-state index is 0.946. The molecule has 0 radical (unpaired) electrons. The van der Waals surface area contributed by atoms with Gasteiger partial charge in [0.1, 0.15) is 0 Å². The van der Waals surface area contributed by atoms with Crippen LogP contribution in [0.5, 0.6) is 0 Å². The van der Waals surface area contributed by atoms with Crippen LogP contribution in [0.3, 0.4) is 0 Å². The fourth-order valence-corrected chi connectivity index (χ4v) is 1.33. The monoisotopic (exact) mass is 482 g/mol. The van der Waals surface area contributed by atoms with Gasteiger partial charge in [0.15, 0.2) is 18.9 Å². The van der Waals surface area contributed by atoms with Crippen molar-refractivity contribution in [3.05, 3.63) is 66.5 Å². The van der Waals surface area contributed by atoms with Crippen molar-refractivity contribution in [2.75, 3.05) is 0 Å².